The maximum Gasteiger partial charge on any atom is 0.303 e. The summed E-state index contributed by atoms with van der Waals surface area (Å²) in [5.74, 6) is -0.937. The molecular formula is C21H44N2O3. The Hall–Kier alpha value is -1.10. The van der Waals surface area contributed by atoms with Gasteiger partial charge in [0.2, 0.25) is 5.91 Å². The number of aliphatic carboxylic acids is 1. The van der Waals surface area contributed by atoms with Crippen LogP contribution in [0, 0.1) is 0 Å². The lowest BCUT2D eigenvalue weighted by atomic mass is 10.0. The molecule has 5 heteroatoms. The maximum absolute atomic E-state index is 10.3. The van der Waals surface area contributed by atoms with Gasteiger partial charge in [-0.15, -0.1) is 0 Å². The van der Waals surface area contributed by atoms with Crippen LogP contribution in [0.1, 0.15) is 104 Å². The zero-order valence-corrected chi connectivity index (χ0v) is 17.8. The van der Waals surface area contributed by atoms with Gasteiger partial charge in [-0.3, -0.25) is 14.5 Å². The number of rotatable bonds is 16. The average molecular weight is 373 g/mol. The highest BCUT2D eigenvalue weighted by atomic mass is 16.4. The first-order valence-electron chi connectivity index (χ1n) is 10.5. The lowest BCUT2D eigenvalue weighted by Crippen LogP contribution is -2.37. The Morgan fingerprint density at radius 2 is 1.15 bits per heavy atom. The molecule has 1 atom stereocenters. The van der Waals surface area contributed by atoms with Gasteiger partial charge in [0, 0.05) is 6.42 Å². The molecule has 1 unspecified atom stereocenters. The SMILES string of the molecule is CC(C(N)=O)N(C)C.CCCCCCCCCCCCCCCC(=O)O. The number of carboxylic acids is 1. The first-order chi connectivity index (χ1) is 12.3. The Morgan fingerprint density at radius 1 is 0.808 bits per heavy atom. The van der Waals surface area contributed by atoms with E-state index >= 15 is 0 Å². The topological polar surface area (TPSA) is 83.6 Å². The number of carbonyl (C=O) groups excluding carboxylic acids is 1. The van der Waals surface area contributed by atoms with Crippen molar-refractivity contribution in [2.75, 3.05) is 14.1 Å². The first kappa shape index (κ1) is 27.1. The fourth-order valence-corrected chi connectivity index (χ4v) is 2.55. The lowest BCUT2D eigenvalue weighted by molar-refractivity contribution is -0.137. The Balaban J connectivity index is 0. The molecule has 3 N–H and O–H groups in total. The number of unbranched alkanes of at least 4 members (excludes halogenated alkanes) is 12. The Kier molecular flexibility index (Phi) is 21.1. The number of carboxylic acid groups (broad SMARTS) is 1. The average Bonchev–Trinajstić information content (AvgIpc) is 2.58. The molecule has 0 aliphatic carbocycles. The highest BCUT2D eigenvalue weighted by Gasteiger charge is 2.08. The second-order valence-electron chi connectivity index (χ2n) is 7.43. The van der Waals surface area contributed by atoms with E-state index in [1.54, 1.807) is 11.8 Å². The van der Waals surface area contributed by atoms with Crippen molar-refractivity contribution in [3.63, 3.8) is 0 Å². The van der Waals surface area contributed by atoms with Gasteiger partial charge in [-0.1, -0.05) is 84.0 Å². The van der Waals surface area contributed by atoms with Crippen LogP contribution in [0.25, 0.3) is 0 Å². The Morgan fingerprint density at radius 3 is 1.38 bits per heavy atom. The van der Waals surface area contributed by atoms with Crippen LogP contribution in [-0.2, 0) is 9.59 Å². The number of likely N-dealkylation sites (N-methyl/N-ethyl adjacent to an activating group) is 1. The summed E-state index contributed by atoms with van der Waals surface area (Å²) in [6.45, 7) is 4.03. The van der Waals surface area contributed by atoms with Crippen molar-refractivity contribution in [3.8, 4) is 0 Å². The third kappa shape index (κ3) is 22.9. The van der Waals surface area contributed by atoms with Gasteiger partial charge in [0.25, 0.3) is 0 Å². The van der Waals surface area contributed by atoms with E-state index in [1.807, 2.05) is 14.1 Å². The number of nitrogens with two attached hydrogens (primary N) is 1. The summed E-state index contributed by atoms with van der Waals surface area (Å²) in [7, 11) is 3.63. The summed E-state index contributed by atoms with van der Waals surface area (Å²) >= 11 is 0. The van der Waals surface area contributed by atoms with Gasteiger partial charge in [0.15, 0.2) is 0 Å². The minimum atomic E-state index is -0.655. The van der Waals surface area contributed by atoms with Gasteiger partial charge in [0.05, 0.1) is 6.04 Å². The molecule has 0 aromatic heterocycles. The molecule has 0 aromatic carbocycles. The fourth-order valence-electron chi connectivity index (χ4n) is 2.55. The minimum Gasteiger partial charge on any atom is -0.481 e. The summed E-state index contributed by atoms with van der Waals surface area (Å²) < 4.78 is 0. The van der Waals surface area contributed by atoms with Crippen molar-refractivity contribution < 1.29 is 14.7 Å². The van der Waals surface area contributed by atoms with E-state index in [0.717, 1.165) is 12.8 Å². The third-order valence-electron chi connectivity index (χ3n) is 4.68. The molecular weight excluding hydrogens is 328 g/mol. The number of hydrogen-bond donors (Lipinski definition) is 2. The number of primary amides is 1. The van der Waals surface area contributed by atoms with Gasteiger partial charge in [-0.25, -0.2) is 0 Å². The normalized spacial score (nSPS) is 11.7. The molecule has 0 bridgehead atoms. The molecule has 0 saturated carbocycles. The second-order valence-corrected chi connectivity index (χ2v) is 7.43. The van der Waals surface area contributed by atoms with Crippen LogP contribution in [0.2, 0.25) is 0 Å². The van der Waals surface area contributed by atoms with E-state index in [-0.39, 0.29) is 11.9 Å². The van der Waals surface area contributed by atoms with E-state index in [4.69, 9.17) is 10.8 Å². The minimum absolute atomic E-state index is 0.157. The number of nitrogens with zero attached hydrogens (tertiary/aromatic N) is 1. The smallest absolute Gasteiger partial charge is 0.303 e. The van der Waals surface area contributed by atoms with E-state index in [0.29, 0.717) is 6.42 Å². The van der Waals surface area contributed by atoms with Crippen LogP contribution in [0.15, 0.2) is 0 Å². The zero-order valence-electron chi connectivity index (χ0n) is 17.8. The fraction of sp³-hybridized carbons (Fsp3) is 0.905. The van der Waals surface area contributed by atoms with Crippen molar-refractivity contribution in [2.45, 2.75) is 110 Å². The van der Waals surface area contributed by atoms with Crippen LogP contribution in [0.4, 0.5) is 0 Å². The van der Waals surface area contributed by atoms with Crippen LogP contribution in [-0.4, -0.2) is 42.0 Å². The molecule has 0 aromatic rings. The van der Waals surface area contributed by atoms with Crippen LogP contribution in [0.3, 0.4) is 0 Å². The van der Waals surface area contributed by atoms with Crippen molar-refractivity contribution >= 4 is 11.9 Å². The summed E-state index contributed by atoms with van der Waals surface area (Å²) in [4.78, 5) is 22.4. The van der Waals surface area contributed by atoms with Crippen LogP contribution >= 0.6 is 0 Å². The van der Waals surface area contributed by atoms with Crippen LogP contribution < -0.4 is 5.73 Å². The van der Waals surface area contributed by atoms with Crippen molar-refractivity contribution in [2.24, 2.45) is 5.73 Å². The largest absolute Gasteiger partial charge is 0.481 e. The molecule has 0 aliphatic rings. The number of carbonyl (C=O) groups is 2. The van der Waals surface area contributed by atoms with E-state index < -0.39 is 5.97 Å². The quantitative estimate of drug-likeness (QED) is 0.374. The molecule has 0 radical (unpaired) electrons. The molecule has 0 heterocycles. The van der Waals surface area contributed by atoms with Crippen molar-refractivity contribution in [3.05, 3.63) is 0 Å². The van der Waals surface area contributed by atoms with Gasteiger partial charge in [-0.2, -0.15) is 0 Å². The Bertz CT molecular complexity index is 333. The summed E-state index contributed by atoms with van der Waals surface area (Å²) in [5, 5.41) is 8.49. The van der Waals surface area contributed by atoms with Gasteiger partial charge >= 0.3 is 5.97 Å². The lowest BCUT2D eigenvalue weighted by Gasteiger charge is -2.14. The highest BCUT2D eigenvalue weighted by Crippen LogP contribution is 2.12. The second kappa shape index (κ2) is 20.2. The summed E-state index contributed by atoms with van der Waals surface area (Å²) in [5.41, 5.74) is 4.96. The summed E-state index contributed by atoms with van der Waals surface area (Å²) in [6, 6.07) is -0.157. The monoisotopic (exact) mass is 372 g/mol. The highest BCUT2D eigenvalue weighted by molar-refractivity contribution is 5.79. The van der Waals surface area contributed by atoms with E-state index in [2.05, 4.69) is 6.92 Å². The van der Waals surface area contributed by atoms with E-state index in [9.17, 15) is 9.59 Å². The van der Waals surface area contributed by atoms with E-state index in [1.165, 1.54) is 70.6 Å². The van der Waals surface area contributed by atoms with Crippen molar-refractivity contribution in [1.29, 1.82) is 0 Å². The molecule has 0 fully saturated rings. The predicted molar refractivity (Wildman–Crippen MR) is 110 cm³/mol. The molecule has 5 nitrogen and oxygen atoms in total. The summed E-state index contributed by atoms with van der Waals surface area (Å²) in [6.07, 6.45) is 17.3. The van der Waals surface area contributed by atoms with Crippen LogP contribution in [0.5, 0.6) is 0 Å². The predicted octanol–water partition coefficient (Wildman–Crippen LogP) is 4.97. The molecule has 0 saturated heterocycles. The first-order valence-corrected chi connectivity index (χ1v) is 10.5. The standard InChI is InChI=1S/C16H32O2.C5H12N2O/c1-2-3-4-5-6-7-8-9-10-11-12-13-14-15-16(17)18;1-4(5(6)8)7(2)3/h2-15H2,1H3,(H,17,18);4H,1-3H3,(H2,6,8). The molecule has 0 rings (SSSR count). The molecule has 0 aliphatic heterocycles. The maximum atomic E-state index is 10.3. The number of hydrogen-bond acceptors (Lipinski definition) is 3. The van der Waals surface area contributed by atoms with Crippen molar-refractivity contribution in [1.82, 2.24) is 4.90 Å². The zero-order chi connectivity index (χ0) is 20.2. The van der Waals surface area contributed by atoms with Gasteiger partial charge in [0.1, 0.15) is 0 Å². The molecule has 156 valence electrons. The third-order valence-corrected chi connectivity index (χ3v) is 4.68. The van der Waals surface area contributed by atoms with Gasteiger partial charge < -0.3 is 10.8 Å². The van der Waals surface area contributed by atoms with Gasteiger partial charge in [-0.05, 0) is 27.4 Å². The number of amides is 1. The molecule has 0 spiro atoms. The molecule has 1 amide bonds. The molecule has 26 heavy (non-hydrogen) atoms. The Labute approximate surface area is 161 Å².